The van der Waals surface area contributed by atoms with Gasteiger partial charge in [-0.05, 0) is 31.4 Å². The molecule has 1 amide bonds. The third-order valence-electron chi connectivity index (χ3n) is 4.96. The van der Waals surface area contributed by atoms with Crippen LogP contribution in [0, 0.1) is 6.92 Å². The van der Waals surface area contributed by atoms with Crippen molar-refractivity contribution in [2.75, 3.05) is 13.1 Å². The first-order valence-electron chi connectivity index (χ1n) is 8.87. The SMILES string of the molecule is Cc1ccc(-c2nccn2CCN2CCCCC2=O)c2cccnc12. The fourth-order valence-electron chi connectivity index (χ4n) is 3.57. The highest BCUT2D eigenvalue weighted by Crippen LogP contribution is 2.28. The third-order valence-corrected chi connectivity index (χ3v) is 4.96. The molecule has 5 heteroatoms. The lowest BCUT2D eigenvalue weighted by Crippen LogP contribution is -2.37. The van der Waals surface area contributed by atoms with Crippen molar-refractivity contribution in [3.8, 4) is 11.4 Å². The Balaban J connectivity index is 1.64. The van der Waals surface area contributed by atoms with Crippen LogP contribution in [0.25, 0.3) is 22.3 Å². The molecular formula is C20H22N4O. The Kier molecular flexibility index (Phi) is 4.22. The molecular weight excluding hydrogens is 312 g/mol. The summed E-state index contributed by atoms with van der Waals surface area (Å²) in [5.74, 6) is 1.21. The molecule has 0 unspecified atom stereocenters. The summed E-state index contributed by atoms with van der Waals surface area (Å²) in [6.07, 6.45) is 8.46. The van der Waals surface area contributed by atoms with Gasteiger partial charge in [0.05, 0.1) is 5.52 Å². The van der Waals surface area contributed by atoms with Crippen LogP contribution in [0.15, 0.2) is 42.9 Å². The molecule has 0 spiro atoms. The van der Waals surface area contributed by atoms with Gasteiger partial charge in [0.1, 0.15) is 5.82 Å². The number of imidazole rings is 1. The number of hydrogen-bond donors (Lipinski definition) is 0. The van der Waals surface area contributed by atoms with E-state index < -0.39 is 0 Å². The molecule has 5 nitrogen and oxygen atoms in total. The smallest absolute Gasteiger partial charge is 0.222 e. The van der Waals surface area contributed by atoms with Crippen molar-refractivity contribution in [1.29, 1.82) is 0 Å². The summed E-state index contributed by atoms with van der Waals surface area (Å²) in [5, 5.41) is 1.11. The van der Waals surface area contributed by atoms with Crippen molar-refractivity contribution in [1.82, 2.24) is 19.4 Å². The second kappa shape index (κ2) is 6.67. The van der Waals surface area contributed by atoms with Crippen LogP contribution in [0.4, 0.5) is 0 Å². The summed E-state index contributed by atoms with van der Waals surface area (Å²) < 4.78 is 2.14. The number of benzene rings is 1. The summed E-state index contributed by atoms with van der Waals surface area (Å²) in [5.41, 5.74) is 3.26. The Morgan fingerprint density at radius 2 is 2.00 bits per heavy atom. The van der Waals surface area contributed by atoms with Crippen molar-refractivity contribution in [2.24, 2.45) is 0 Å². The van der Waals surface area contributed by atoms with Crippen molar-refractivity contribution >= 4 is 16.8 Å². The van der Waals surface area contributed by atoms with Gasteiger partial charge < -0.3 is 9.47 Å². The summed E-state index contributed by atoms with van der Waals surface area (Å²) in [4.78, 5) is 23.1. The second-order valence-corrected chi connectivity index (χ2v) is 6.61. The number of rotatable bonds is 4. The highest BCUT2D eigenvalue weighted by Gasteiger charge is 2.18. The van der Waals surface area contributed by atoms with Crippen molar-refractivity contribution in [2.45, 2.75) is 32.7 Å². The molecule has 0 atom stereocenters. The summed E-state index contributed by atoms with van der Waals surface area (Å²) in [6, 6.07) is 8.27. The van der Waals surface area contributed by atoms with E-state index in [9.17, 15) is 4.79 Å². The van der Waals surface area contributed by atoms with Crippen molar-refractivity contribution in [3.05, 3.63) is 48.4 Å². The van der Waals surface area contributed by atoms with Gasteiger partial charge in [-0.1, -0.05) is 18.2 Å². The zero-order valence-corrected chi connectivity index (χ0v) is 14.5. The number of aromatic nitrogens is 3. The van der Waals surface area contributed by atoms with Crippen LogP contribution in [0.5, 0.6) is 0 Å². The van der Waals surface area contributed by atoms with Gasteiger partial charge in [-0.15, -0.1) is 0 Å². The van der Waals surface area contributed by atoms with Crippen LogP contribution in [0.2, 0.25) is 0 Å². The van der Waals surface area contributed by atoms with Crippen LogP contribution in [0.1, 0.15) is 24.8 Å². The number of carbonyl (C=O) groups excluding carboxylic acids is 1. The number of carbonyl (C=O) groups is 1. The molecule has 128 valence electrons. The van der Waals surface area contributed by atoms with E-state index in [1.165, 1.54) is 0 Å². The van der Waals surface area contributed by atoms with Crippen molar-refractivity contribution < 1.29 is 4.79 Å². The predicted octanol–water partition coefficient (Wildman–Crippen LogP) is 3.42. The summed E-state index contributed by atoms with van der Waals surface area (Å²) in [6.45, 7) is 4.45. The van der Waals surface area contributed by atoms with Crippen LogP contribution >= 0.6 is 0 Å². The zero-order chi connectivity index (χ0) is 17.2. The first-order valence-corrected chi connectivity index (χ1v) is 8.87. The number of likely N-dealkylation sites (tertiary alicyclic amines) is 1. The average molecular weight is 334 g/mol. The lowest BCUT2D eigenvalue weighted by atomic mass is 10.0. The average Bonchev–Trinajstić information content (AvgIpc) is 3.10. The van der Waals surface area contributed by atoms with Gasteiger partial charge in [-0.25, -0.2) is 4.98 Å². The first-order chi connectivity index (χ1) is 12.2. The Morgan fingerprint density at radius 1 is 1.08 bits per heavy atom. The highest BCUT2D eigenvalue weighted by atomic mass is 16.2. The van der Waals surface area contributed by atoms with Gasteiger partial charge in [-0.3, -0.25) is 9.78 Å². The fraction of sp³-hybridized carbons (Fsp3) is 0.350. The highest BCUT2D eigenvalue weighted by molar-refractivity contribution is 5.94. The molecule has 0 bridgehead atoms. The maximum Gasteiger partial charge on any atom is 0.222 e. The Bertz CT molecular complexity index is 915. The minimum absolute atomic E-state index is 0.276. The van der Waals surface area contributed by atoms with E-state index in [1.807, 2.05) is 29.6 Å². The Morgan fingerprint density at radius 3 is 2.88 bits per heavy atom. The topological polar surface area (TPSA) is 51.0 Å². The van der Waals surface area contributed by atoms with E-state index in [4.69, 9.17) is 0 Å². The number of piperidine rings is 1. The molecule has 3 aromatic rings. The maximum atomic E-state index is 12.0. The lowest BCUT2D eigenvalue weighted by molar-refractivity contribution is -0.133. The van der Waals surface area contributed by atoms with Crippen LogP contribution in [0.3, 0.4) is 0 Å². The van der Waals surface area contributed by atoms with Gasteiger partial charge in [0.2, 0.25) is 5.91 Å². The molecule has 1 aromatic carbocycles. The largest absolute Gasteiger partial charge is 0.341 e. The lowest BCUT2D eigenvalue weighted by Gasteiger charge is -2.27. The molecule has 1 aliphatic heterocycles. The minimum Gasteiger partial charge on any atom is -0.341 e. The quantitative estimate of drug-likeness (QED) is 0.734. The molecule has 3 heterocycles. The summed E-state index contributed by atoms with van der Waals surface area (Å²) >= 11 is 0. The number of fused-ring (bicyclic) bond motifs is 1. The Labute approximate surface area is 147 Å². The molecule has 1 saturated heterocycles. The molecule has 0 saturated carbocycles. The molecule has 0 N–H and O–H groups in total. The maximum absolute atomic E-state index is 12.0. The fourth-order valence-corrected chi connectivity index (χ4v) is 3.57. The van der Waals surface area contributed by atoms with E-state index in [2.05, 4.69) is 39.7 Å². The van der Waals surface area contributed by atoms with Crippen LogP contribution in [-0.4, -0.2) is 38.4 Å². The molecule has 0 radical (unpaired) electrons. The zero-order valence-electron chi connectivity index (χ0n) is 14.5. The van der Waals surface area contributed by atoms with E-state index in [1.54, 1.807) is 0 Å². The van der Waals surface area contributed by atoms with E-state index in [-0.39, 0.29) is 5.91 Å². The first kappa shape index (κ1) is 15.8. The normalized spacial score (nSPS) is 15.1. The number of amides is 1. The molecule has 1 aliphatic rings. The monoisotopic (exact) mass is 334 g/mol. The number of hydrogen-bond acceptors (Lipinski definition) is 3. The molecule has 25 heavy (non-hydrogen) atoms. The van der Waals surface area contributed by atoms with Crippen LogP contribution in [-0.2, 0) is 11.3 Å². The molecule has 1 fully saturated rings. The molecule has 2 aromatic heterocycles. The van der Waals surface area contributed by atoms with E-state index in [0.717, 1.165) is 60.3 Å². The molecule has 4 rings (SSSR count). The van der Waals surface area contributed by atoms with E-state index in [0.29, 0.717) is 6.42 Å². The molecule has 0 aliphatic carbocycles. The summed E-state index contributed by atoms with van der Waals surface area (Å²) in [7, 11) is 0. The van der Waals surface area contributed by atoms with Gasteiger partial charge in [0.25, 0.3) is 0 Å². The van der Waals surface area contributed by atoms with Gasteiger partial charge in [-0.2, -0.15) is 0 Å². The van der Waals surface area contributed by atoms with Crippen molar-refractivity contribution in [3.63, 3.8) is 0 Å². The number of pyridine rings is 1. The Hall–Kier alpha value is -2.69. The van der Waals surface area contributed by atoms with E-state index >= 15 is 0 Å². The standard InChI is InChI=1S/C20H22N4O/c1-15-7-8-17(16-5-4-9-21-19(15)16)20-22-10-12-24(20)14-13-23-11-3-2-6-18(23)25/h4-5,7-10,12H,2-3,6,11,13-14H2,1H3. The van der Waals surface area contributed by atoms with Crippen LogP contribution < -0.4 is 0 Å². The minimum atomic E-state index is 0.276. The number of nitrogens with zero attached hydrogens (tertiary/aromatic N) is 4. The van der Waals surface area contributed by atoms with Gasteiger partial charge in [0, 0.05) is 55.6 Å². The predicted molar refractivity (Wildman–Crippen MR) is 98.1 cm³/mol. The third kappa shape index (κ3) is 3.02. The number of aryl methyl sites for hydroxylation is 1. The van der Waals surface area contributed by atoms with Gasteiger partial charge in [0.15, 0.2) is 0 Å². The van der Waals surface area contributed by atoms with Gasteiger partial charge >= 0.3 is 0 Å². The second-order valence-electron chi connectivity index (χ2n) is 6.61.